The molecule has 0 aromatic heterocycles. The highest BCUT2D eigenvalue weighted by molar-refractivity contribution is 5.99. The molecule has 0 radical (unpaired) electrons. The van der Waals surface area contributed by atoms with Crippen molar-refractivity contribution in [3.8, 4) is 6.07 Å². The topological polar surface area (TPSA) is 123 Å². The van der Waals surface area contributed by atoms with Crippen molar-refractivity contribution in [2.75, 3.05) is 18.9 Å². The molecule has 3 rings (SSSR count). The van der Waals surface area contributed by atoms with Crippen LogP contribution in [0.2, 0.25) is 0 Å². The summed E-state index contributed by atoms with van der Waals surface area (Å²) in [5.41, 5.74) is -2.16. The summed E-state index contributed by atoms with van der Waals surface area (Å²) in [6.45, 7) is 10.8. The van der Waals surface area contributed by atoms with E-state index in [-0.39, 0.29) is 24.9 Å². The molecule has 12 heteroatoms. The first-order chi connectivity index (χ1) is 20.9. The highest BCUT2D eigenvalue weighted by Gasteiger charge is 2.51. The molecule has 0 bridgehead atoms. The zero-order valence-corrected chi connectivity index (χ0v) is 25.9. The number of hydrogen-bond acceptors (Lipinski definition) is 5. The number of para-hydroxylation sites is 1. The number of nitrogens with zero attached hydrogens (tertiary/aromatic N) is 3. The van der Waals surface area contributed by atoms with E-state index in [1.54, 1.807) is 30.3 Å². The lowest BCUT2D eigenvalue weighted by Gasteiger charge is -2.36. The molecule has 240 valence electrons. The average molecular weight is 626 g/mol. The van der Waals surface area contributed by atoms with Crippen LogP contribution in [0, 0.1) is 22.2 Å². The van der Waals surface area contributed by atoms with E-state index in [4.69, 9.17) is 0 Å². The molecule has 0 saturated carbocycles. The molecule has 1 heterocycles. The molecule has 0 unspecified atom stereocenters. The first-order valence-corrected chi connectivity index (χ1v) is 14.4. The first kappa shape index (κ1) is 34.8. The lowest BCUT2D eigenvalue weighted by Crippen LogP contribution is -2.56. The average Bonchev–Trinajstić information content (AvgIpc) is 3.39. The van der Waals surface area contributed by atoms with Gasteiger partial charge in [0.2, 0.25) is 17.7 Å². The number of likely N-dealkylation sites (tertiary alicyclic amines) is 1. The summed E-state index contributed by atoms with van der Waals surface area (Å²) in [7, 11) is 1.41. The quantitative estimate of drug-likeness (QED) is 0.379. The molecule has 2 aromatic rings. The molecule has 4 amide bonds. The van der Waals surface area contributed by atoms with Crippen molar-refractivity contribution in [3.63, 3.8) is 0 Å². The second kappa shape index (κ2) is 13.5. The molecule has 1 fully saturated rings. The third-order valence-corrected chi connectivity index (χ3v) is 7.79. The molecule has 0 spiro atoms. The summed E-state index contributed by atoms with van der Waals surface area (Å²) in [5, 5.41) is 15.3. The highest BCUT2D eigenvalue weighted by atomic mass is 19.4. The van der Waals surface area contributed by atoms with Gasteiger partial charge in [0.05, 0.1) is 17.0 Å². The summed E-state index contributed by atoms with van der Waals surface area (Å²) in [5.74, 6) is -2.34. The van der Waals surface area contributed by atoms with E-state index < -0.39 is 64.3 Å². The van der Waals surface area contributed by atoms with Gasteiger partial charge in [-0.3, -0.25) is 19.2 Å². The molecule has 2 aromatic carbocycles. The number of rotatable bonds is 9. The fourth-order valence-electron chi connectivity index (χ4n) is 5.24. The molecule has 0 aliphatic carbocycles. The Labute approximate surface area is 261 Å². The van der Waals surface area contributed by atoms with Crippen molar-refractivity contribution in [1.29, 1.82) is 5.26 Å². The molecular weight excluding hydrogens is 587 g/mol. The number of nitrogens with one attached hydrogen (secondary N) is 2. The number of anilines is 1. The van der Waals surface area contributed by atoms with Crippen LogP contribution in [0.4, 0.5) is 18.9 Å². The van der Waals surface area contributed by atoms with Crippen LogP contribution in [0.25, 0.3) is 0 Å². The Morgan fingerprint density at radius 3 is 2.22 bits per heavy atom. The van der Waals surface area contributed by atoms with E-state index in [9.17, 15) is 37.6 Å². The summed E-state index contributed by atoms with van der Waals surface area (Å²) >= 11 is 0. The fraction of sp³-hybridized carbons (Fsp3) is 0.424. The van der Waals surface area contributed by atoms with Crippen molar-refractivity contribution in [2.45, 2.75) is 64.8 Å². The number of carbonyl (C=O) groups excluding carboxylic acids is 4. The largest absolute Gasteiger partial charge is 0.416 e. The Morgan fingerprint density at radius 1 is 1.11 bits per heavy atom. The predicted molar refractivity (Wildman–Crippen MR) is 162 cm³/mol. The number of hydrogen-bond donors (Lipinski definition) is 2. The standard InChI is InChI=1S/C33H38F3N5O4/c1-7-32(30(45)39-24-11-9-8-10-12-24)17-25(19-37)41(20-32)29(44)26(18-31(3,4)5)40(6)28(43)21(2)38-27(42)22-13-15-23(16-14-22)33(34,35)36/h7-16,21,25-26H,1,17-18,20H2,2-6H3,(H,38,42)(H,39,45)/t21-,25-,26-,32-/m0/s1. The summed E-state index contributed by atoms with van der Waals surface area (Å²) in [4.78, 5) is 56.4. The smallest absolute Gasteiger partial charge is 0.341 e. The van der Waals surface area contributed by atoms with Crippen LogP contribution in [-0.4, -0.2) is 65.1 Å². The number of likely N-dealkylation sites (N-methyl/N-ethyl adjacent to an activating group) is 1. The number of alkyl halides is 3. The molecule has 1 saturated heterocycles. The van der Waals surface area contributed by atoms with E-state index in [1.165, 1.54) is 29.8 Å². The van der Waals surface area contributed by atoms with Gasteiger partial charge in [0.1, 0.15) is 18.1 Å². The van der Waals surface area contributed by atoms with Crippen LogP contribution in [0.15, 0.2) is 67.3 Å². The van der Waals surface area contributed by atoms with Crippen LogP contribution in [0.1, 0.15) is 56.5 Å². The maximum Gasteiger partial charge on any atom is 0.416 e. The minimum atomic E-state index is -4.56. The van der Waals surface area contributed by atoms with E-state index in [1.807, 2.05) is 20.8 Å². The monoisotopic (exact) mass is 625 g/mol. The summed E-state index contributed by atoms with van der Waals surface area (Å²) in [6.07, 6.45) is -2.92. The van der Waals surface area contributed by atoms with Crippen LogP contribution >= 0.6 is 0 Å². The first-order valence-electron chi connectivity index (χ1n) is 14.4. The van der Waals surface area contributed by atoms with Crippen molar-refractivity contribution in [3.05, 3.63) is 78.4 Å². The van der Waals surface area contributed by atoms with Crippen molar-refractivity contribution in [2.24, 2.45) is 10.8 Å². The van der Waals surface area contributed by atoms with Crippen LogP contribution < -0.4 is 10.6 Å². The molecule has 1 aliphatic rings. The van der Waals surface area contributed by atoms with E-state index in [2.05, 4.69) is 23.3 Å². The molecular formula is C33H38F3N5O4. The number of benzene rings is 2. The second-order valence-corrected chi connectivity index (χ2v) is 12.5. The molecule has 9 nitrogen and oxygen atoms in total. The van der Waals surface area contributed by atoms with Gasteiger partial charge in [-0.05, 0) is 55.2 Å². The van der Waals surface area contributed by atoms with Gasteiger partial charge >= 0.3 is 6.18 Å². The highest BCUT2D eigenvalue weighted by Crippen LogP contribution is 2.39. The zero-order chi connectivity index (χ0) is 33.7. The van der Waals surface area contributed by atoms with Gasteiger partial charge in [-0.2, -0.15) is 18.4 Å². The number of carbonyl (C=O) groups is 4. The van der Waals surface area contributed by atoms with Crippen molar-refractivity contribution >= 4 is 29.3 Å². The third-order valence-electron chi connectivity index (χ3n) is 7.79. The normalized spacial score (nSPS) is 19.5. The van der Waals surface area contributed by atoms with Gasteiger partial charge in [0, 0.05) is 31.3 Å². The van der Waals surface area contributed by atoms with Gasteiger partial charge in [-0.1, -0.05) is 45.0 Å². The lowest BCUT2D eigenvalue weighted by molar-refractivity contribution is -0.146. The molecule has 4 atom stereocenters. The van der Waals surface area contributed by atoms with Gasteiger partial charge in [0.25, 0.3) is 5.91 Å². The number of amides is 4. The third kappa shape index (κ3) is 8.29. The van der Waals surface area contributed by atoms with Crippen LogP contribution in [0.5, 0.6) is 0 Å². The number of nitriles is 1. The molecule has 1 aliphatic heterocycles. The maximum atomic E-state index is 14.1. The Kier molecular flexibility index (Phi) is 10.5. The Morgan fingerprint density at radius 2 is 1.71 bits per heavy atom. The van der Waals surface area contributed by atoms with Crippen LogP contribution in [0.3, 0.4) is 0 Å². The minimum absolute atomic E-state index is 0.0108. The zero-order valence-electron chi connectivity index (χ0n) is 25.9. The van der Waals surface area contributed by atoms with E-state index in [0.29, 0.717) is 5.69 Å². The fourth-order valence-corrected chi connectivity index (χ4v) is 5.24. The minimum Gasteiger partial charge on any atom is -0.341 e. The maximum absolute atomic E-state index is 14.1. The SMILES string of the molecule is C=C[C@]1(C(=O)Nc2ccccc2)C[C@@H](C#N)N(C(=O)[C@H](CC(C)(C)C)N(C)C(=O)[C@H](C)NC(=O)c2ccc(C(F)(F)F)cc2)C1. The molecule has 2 N–H and O–H groups in total. The van der Waals surface area contributed by atoms with Crippen LogP contribution in [-0.2, 0) is 20.6 Å². The molecule has 45 heavy (non-hydrogen) atoms. The Bertz CT molecular complexity index is 1460. The Hall–Kier alpha value is -4.66. The van der Waals surface area contributed by atoms with Crippen molar-refractivity contribution in [1.82, 2.24) is 15.1 Å². The van der Waals surface area contributed by atoms with Gasteiger partial charge < -0.3 is 20.4 Å². The predicted octanol–water partition coefficient (Wildman–Crippen LogP) is 5.02. The van der Waals surface area contributed by atoms with Crippen molar-refractivity contribution < 1.29 is 32.3 Å². The van der Waals surface area contributed by atoms with E-state index >= 15 is 0 Å². The Balaban J connectivity index is 1.82. The van der Waals surface area contributed by atoms with Gasteiger partial charge in [-0.15, -0.1) is 6.58 Å². The van der Waals surface area contributed by atoms with Gasteiger partial charge in [0.15, 0.2) is 0 Å². The summed E-state index contributed by atoms with van der Waals surface area (Å²) < 4.78 is 38.7. The van der Waals surface area contributed by atoms with Gasteiger partial charge in [-0.25, -0.2) is 0 Å². The van der Waals surface area contributed by atoms with E-state index in [0.717, 1.165) is 24.3 Å². The second-order valence-electron chi connectivity index (χ2n) is 12.5. The lowest BCUT2D eigenvalue weighted by atomic mass is 9.84. The number of halogens is 3. The summed E-state index contributed by atoms with van der Waals surface area (Å²) in [6, 6.07) is 11.3.